The maximum absolute atomic E-state index is 13.9. The Balaban J connectivity index is 2.35. The lowest BCUT2D eigenvalue weighted by Gasteiger charge is -2.22. The molecule has 0 spiro atoms. The largest absolute Gasteiger partial charge is 0.378 e. The molecule has 1 N–H and O–H groups in total. The summed E-state index contributed by atoms with van der Waals surface area (Å²) in [5.41, 5.74) is 4.12. The Bertz CT molecular complexity index is 587. The lowest BCUT2D eigenvalue weighted by molar-refractivity contribution is 0.587. The predicted molar refractivity (Wildman–Crippen MR) is 86.7 cm³/mol. The Morgan fingerprint density at radius 1 is 1.15 bits per heavy atom. The van der Waals surface area contributed by atoms with E-state index in [1.54, 1.807) is 6.07 Å². The highest BCUT2D eigenvalue weighted by Gasteiger charge is 2.15. The molecule has 0 heterocycles. The first-order valence-electron chi connectivity index (χ1n) is 6.80. The van der Waals surface area contributed by atoms with Crippen molar-refractivity contribution in [3.8, 4) is 0 Å². The fraction of sp³-hybridized carbons (Fsp3) is 0.294. The number of benzene rings is 2. The molecule has 0 saturated carbocycles. The molecular formula is C17H19BrFN. The summed E-state index contributed by atoms with van der Waals surface area (Å²) in [6, 6.07) is 11.1. The zero-order valence-corrected chi connectivity index (χ0v) is 13.6. The van der Waals surface area contributed by atoms with E-state index < -0.39 is 0 Å². The Morgan fingerprint density at radius 2 is 1.75 bits per heavy atom. The van der Waals surface area contributed by atoms with Crippen LogP contribution in [0.15, 0.2) is 40.9 Å². The van der Waals surface area contributed by atoms with Crippen LogP contribution in [0, 0.1) is 19.7 Å². The Labute approximate surface area is 128 Å². The van der Waals surface area contributed by atoms with Crippen molar-refractivity contribution in [2.75, 3.05) is 5.32 Å². The molecule has 106 valence electrons. The summed E-state index contributed by atoms with van der Waals surface area (Å²) >= 11 is 3.50. The highest BCUT2D eigenvalue weighted by Crippen LogP contribution is 2.30. The zero-order valence-electron chi connectivity index (χ0n) is 12.0. The van der Waals surface area contributed by atoms with Crippen LogP contribution in [0.25, 0.3) is 0 Å². The van der Waals surface area contributed by atoms with Crippen molar-refractivity contribution in [2.45, 2.75) is 33.2 Å². The molecule has 2 aromatic rings. The quantitative estimate of drug-likeness (QED) is 0.747. The standard InChI is InChI=1S/C17H19BrFN/c1-4-16(14-7-5-6-8-15(14)19)20-17-11(2)9-13(18)10-12(17)3/h5-10,16,20H,4H2,1-3H3. The number of hydrogen-bond acceptors (Lipinski definition) is 1. The van der Waals surface area contributed by atoms with Crippen molar-refractivity contribution >= 4 is 21.6 Å². The second kappa shape index (κ2) is 6.40. The molecule has 1 atom stereocenters. The lowest BCUT2D eigenvalue weighted by Crippen LogP contribution is -2.13. The lowest BCUT2D eigenvalue weighted by atomic mass is 10.0. The number of halogens is 2. The maximum atomic E-state index is 13.9. The zero-order chi connectivity index (χ0) is 14.7. The van der Waals surface area contributed by atoms with Gasteiger partial charge in [-0.1, -0.05) is 41.1 Å². The molecule has 2 rings (SSSR count). The third-order valence-corrected chi connectivity index (χ3v) is 3.96. The van der Waals surface area contributed by atoms with E-state index in [0.29, 0.717) is 0 Å². The van der Waals surface area contributed by atoms with Crippen molar-refractivity contribution in [1.82, 2.24) is 0 Å². The normalized spacial score (nSPS) is 12.2. The molecule has 0 aliphatic heterocycles. The number of anilines is 1. The molecule has 0 amide bonds. The van der Waals surface area contributed by atoms with Gasteiger partial charge in [0.05, 0.1) is 6.04 Å². The molecule has 0 aliphatic carbocycles. The predicted octanol–water partition coefficient (Wildman–Crippen LogP) is 5.77. The molecule has 1 unspecified atom stereocenters. The van der Waals surface area contributed by atoms with E-state index in [4.69, 9.17) is 0 Å². The number of nitrogens with one attached hydrogen (secondary N) is 1. The van der Waals surface area contributed by atoms with Gasteiger partial charge >= 0.3 is 0 Å². The van der Waals surface area contributed by atoms with Gasteiger partial charge < -0.3 is 5.32 Å². The summed E-state index contributed by atoms with van der Waals surface area (Å²) in [6.45, 7) is 6.19. The first-order chi connectivity index (χ1) is 9.52. The SMILES string of the molecule is CCC(Nc1c(C)cc(Br)cc1C)c1ccccc1F. The van der Waals surface area contributed by atoms with E-state index in [2.05, 4.69) is 54.2 Å². The van der Waals surface area contributed by atoms with Gasteiger partial charge in [0, 0.05) is 15.7 Å². The summed E-state index contributed by atoms with van der Waals surface area (Å²) in [6.07, 6.45) is 0.829. The van der Waals surface area contributed by atoms with Gasteiger partial charge in [0.1, 0.15) is 5.82 Å². The third-order valence-electron chi connectivity index (χ3n) is 3.50. The Kier molecular flexibility index (Phi) is 4.81. The van der Waals surface area contributed by atoms with E-state index >= 15 is 0 Å². The third kappa shape index (κ3) is 3.21. The van der Waals surface area contributed by atoms with E-state index in [0.717, 1.165) is 33.3 Å². The van der Waals surface area contributed by atoms with Crippen molar-refractivity contribution in [2.24, 2.45) is 0 Å². The molecule has 0 radical (unpaired) electrons. The number of rotatable bonds is 4. The topological polar surface area (TPSA) is 12.0 Å². The first-order valence-corrected chi connectivity index (χ1v) is 7.60. The van der Waals surface area contributed by atoms with Crippen LogP contribution >= 0.6 is 15.9 Å². The van der Waals surface area contributed by atoms with Crippen LogP contribution in [0.2, 0.25) is 0 Å². The highest BCUT2D eigenvalue weighted by molar-refractivity contribution is 9.10. The van der Waals surface area contributed by atoms with Gasteiger partial charge in [-0.15, -0.1) is 0 Å². The molecule has 1 nitrogen and oxygen atoms in total. The Hall–Kier alpha value is -1.35. The van der Waals surface area contributed by atoms with Crippen molar-refractivity contribution in [1.29, 1.82) is 0 Å². The fourth-order valence-corrected chi connectivity index (χ4v) is 3.16. The van der Waals surface area contributed by atoms with Crippen LogP contribution in [0.4, 0.5) is 10.1 Å². The minimum atomic E-state index is -0.153. The molecule has 0 saturated heterocycles. The van der Waals surface area contributed by atoms with Crippen LogP contribution < -0.4 is 5.32 Å². The highest BCUT2D eigenvalue weighted by atomic mass is 79.9. The van der Waals surface area contributed by atoms with Crippen molar-refractivity contribution < 1.29 is 4.39 Å². The average molecular weight is 336 g/mol. The van der Waals surface area contributed by atoms with Crippen LogP contribution in [0.1, 0.15) is 36.1 Å². The summed E-state index contributed by atoms with van der Waals surface area (Å²) in [4.78, 5) is 0. The van der Waals surface area contributed by atoms with Gasteiger partial charge in [-0.05, 0) is 49.6 Å². The van der Waals surface area contributed by atoms with Crippen LogP contribution in [0.5, 0.6) is 0 Å². The van der Waals surface area contributed by atoms with Crippen molar-refractivity contribution in [3.05, 3.63) is 63.4 Å². The second-order valence-electron chi connectivity index (χ2n) is 5.04. The molecular weight excluding hydrogens is 317 g/mol. The van der Waals surface area contributed by atoms with Crippen LogP contribution in [-0.4, -0.2) is 0 Å². The maximum Gasteiger partial charge on any atom is 0.128 e. The second-order valence-corrected chi connectivity index (χ2v) is 5.96. The van der Waals surface area contributed by atoms with Crippen LogP contribution in [-0.2, 0) is 0 Å². The number of hydrogen-bond donors (Lipinski definition) is 1. The van der Waals surface area contributed by atoms with Gasteiger partial charge in [-0.25, -0.2) is 4.39 Å². The molecule has 20 heavy (non-hydrogen) atoms. The summed E-state index contributed by atoms with van der Waals surface area (Å²) in [5, 5.41) is 3.49. The molecule has 3 heteroatoms. The average Bonchev–Trinajstić information content (AvgIpc) is 2.39. The minimum absolute atomic E-state index is 0.0187. The summed E-state index contributed by atoms with van der Waals surface area (Å²) in [7, 11) is 0. The van der Waals surface area contributed by atoms with Gasteiger partial charge in [0.2, 0.25) is 0 Å². The Morgan fingerprint density at radius 3 is 2.30 bits per heavy atom. The van der Waals surface area contributed by atoms with Gasteiger partial charge in [-0.2, -0.15) is 0 Å². The first kappa shape index (κ1) is 15.0. The van der Waals surface area contributed by atoms with E-state index in [1.165, 1.54) is 6.07 Å². The molecule has 0 fully saturated rings. The monoisotopic (exact) mass is 335 g/mol. The van der Waals surface area contributed by atoms with Gasteiger partial charge in [0.15, 0.2) is 0 Å². The van der Waals surface area contributed by atoms with Gasteiger partial charge in [0.25, 0.3) is 0 Å². The minimum Gasteiger partial charge on any atom is -0.378 e. The summed E-state index contributed by atoms with van der Waals surface area (Å²) in [5.74, 6) is -0.153. The fourth-order valence-electron chi connectivity index (χ4n) is 2.47. The van der Waals surface area contributed by atoms with Crippen molar-refractivity contribution in [3.63, 3.8) is 0 Å². The molecule has 0 aliphatic rings. The van der Waals surface area contributed by atoms with E-state index in [9.17, 15) is 4.39 Å². The van der Waals surface area contributed by atoms with E-state index in [-0.39, 0.29) is 11.9 Å². The molecule has 2 aromatic carbocycles. The smallest absolute Gasteiger partial charge is 0.128 e. The van der Waals surface area contributed by atoms with Gasteiger partial charge in [-0.3, -0.25) is 0 Å². The molecule has 0 aromatic heterocycles. The van der Waals surface area contributed by atoms with Crippen LogP contribution in [0.3, 0.4) is 0 Å². The van der Waals surface area contributed by atoms with E-state index in [1.807, 2.05) is 12.1 Å². The summed E-state index contributed by atoms with van der Waals surface area (Å²) < 4.78 is 15.0. The number of aryl methyl sites for hydroxylation is 2. The molecule has 0 bridgehead atoms.